The molecule has 7 N–H and O–H groups in total. The van der Waals surface area contributed by atoms with Crippen LogP contribution < -0.4 is 11.3 Å². The van der Waals surface area contributed by atoms with Crippen molar-refractivity contribution in [2.45, 2.75) is 50.5 Å². The van der Waals surface area contributed by atoms with Crippen LogP contribution in [-0.2, 0) is 17.8 Å². The fourth-order valence-corrected chi connectivity index (χ4v) is 3.03. The molecule has 0 saturated heterocycles. The number of unbranched alkanes of at least 4 members (excludes halogenated alkanes) is 1. The molecule has 2 heterocycles. The number of aliphatic carboxylic acids is 1. The summed E-state index contributed by atoms with van der Waals surface area (Å²) in [7, 11) is -1.37. The molecule has 0 aromatic carbocycles. The highest BCUT2D eigenvalue weighted by Crippen LogP contribution is 2.20. The Balaban J connectivity index is 0.00000312. The normalized spacial score (nSPS) is 16.0. The highest BCUT2D eigenvalue weighted by Gasteiger charge is 2.34. The summed E-state index contributed by atoms with van der Waals surface area (Å²) in [5, 5.41) is 32.5. The first-order valence-electron chi connectivity index (χ1n) is 8.21. The number of hydrogen-bond acceptors (Lipinski definition) is 6. The minimum Gasteiger partial charge on any atom is -0.480 e. The molecule has 26 heavy (non-hydrogen) atoms. The monoisotopic (exact) mass is 412 g/mol. The first-order chi connectivity index (χ1) is 11.3. The maximum absolute atomic E-state index is 11.7. The second-order valence-electron chi connectivity index (χ2n) is 6.50. The van der Waals surface area contributed by atoms with Crippen LogP contribution in [0.5, 0.6) is 0 Å². The van der Waals surface area contributed by atoms with Gasteiger partial charge in [0, 0.05) is 31.7 Å². The van der Waals surface area contributed by atoms with Crippen LogP contribution in [0.2, 0.25) is 6.32 Å². The summed E-state index contributed by atoms with van der Waals surface area (Å²) in [6.07, 6.45) is 2.51. The van der Waals surface area contributed by atoms with Crippen molar-refractivity contribution in [3.8, 4) is 0 Å². The van der Waals surface area contributed by atoms with E-state index >= 15 is 0 Å². The Labute approximate surface area is 164 Å². The van der Waals surface area contributed by atoms with Gasteiger partial charge in [0.15, 0.2) is 0 Å². The van der Waals surface area contributed by atoms with Crippen LogP contribution in [0.3, 0.4) is 0 Å². The Kier molecular flexibility index (Phi) is 10.5. The molecule has 1 atom stereocenters. The summed E-state index contributed by atoms with van der Waals surface area (Å²) in [4.78, 5) is 25.2. The van der Waals surface area contributed by atoms with E-state index in [1.807, 2.05) is 4.90 Å². The van der Waals surface area contributed by atoms with Crippen molar-refractivity contribution in [1.82, 2.24) is 15.1 Å². The molecule has 0 fully saturated rings. The lowest BCUT2D eigenvalue weighted by molar-refractivity contribution is -0.144. The standard InChI is InChI=1S/C14H25BN4O5.2ClH/c16-14(13(21)22,4-1-2-6-15(23)24)5-8-19-7-3-11-10(9-19)12(20)18-17-11;;/h23-24H,1-9,16H2,(H,21,22)(H2,17,18,20);2*1H. The summed E-state index contributed by atoms with van der Waals surface area (Å²) in [5.41, 5.74) is 6.20. The van der Waals surface area contributed by atoms with Crippen molar-refractivity contribution in [2.75, 3.05) is 13.1 Å². The van der Waals surface area contributed by atoms with Gasteiger partial charge in [-0.3, -0.25) is 19.6 Å². The molecule has 0 bridgehead atoms. The number of aromatic amines is 2. The number of H-pyrrole nitrogens is 2. The van der Waals surface area contributed by atoms with E-state index in [1.54, 1.807) is 0 Å². The molecule has 0 spiro atoms. The second-order valence-corrected chi connectivity index (χ2v) is 6.50. The molecule has 1 aromatic heterocycles. The van der Waals surface area contributed by atoms with Crippen molar-refractivity contribution in [3.63, 3.8) is 0 Å². The summed E-state index contributed by atoms with van der Waals surface area (Å²) in [6, 6.07) is 0. The van der Waals surface area contributed by atoms with E-state index in [9.17, 15) is 14.7 Å². The van der Waals surface area contributed by atoms with Crippen LogP contribution in [0.1, 0.15) is 36.9 Å². The highest BCUT2D eigenvalue weighted by molar-refractivity contribution is 6.40. The van der Waals surface area contributed by atoms with Gasteiger partial charge in [0.05, 0.1) is 5.56 Å². The van der Waals surface area contributed by atoms with Gasteiger partial charge in [-0.1, -0.05) is 12.8 Å². The average molecular weight is 413 g/mol. The number of nitrogens with zero attached hydrogens (tertiary/aromatic N) is 1. The van der Waals surface area contributed by atoms with Gasteiger partial charge < -0.3 is 26.0 Å². The number of carboxylic acid groups (broad SMARTS) is 1. The van der Waals surface area contributed by atoms with Crippen molar-refractivity contribution < 1.29 is 19.9 Å². The zero-order valence-corrected chi connectivity index (χ0v) is 16.1. The number of aromatic nitrogens is 2. The zero-order chi connectivity index (χ0) is 17.7. The molecule has 1 aromatic rings. The summed E-state index contributed by atoms with van der Waals surface area (Å²) < 4.78 is 0. The van der Waals surface area contributed by atoms with E-state index in [2.05, 4.69) is 10.2 Å². The Morgan fingerprint density at radius 2 is 1.92 bits per heavy atom. The molecule has 2 rings (SSSR count). The number of nitrogens with two attached hydrogens (primary N) is 1. The number of carbonyl (C=O) groups is 1. The number of rotatable bonds is 9. The van der Waals surface area contributed by atoms with Crippen LogP contribution in [0.15, 0.2) is 4.79 Å². The van der Waals surface area contributed by atoms with Gasteiger partial charge in [0.2, 0.25) is 0 Å². The van der Waals surface area contributed by atoms with E-state index < -0.39 is 18.6 Å². The molecule has 1 unspecified atom stereocenters. The molecule has 1 aliphatic heterocycles. The number of halogens is 2. The van der Waals surface area contributed by atoms with Crippen molar-refractivity contribution in [1.29, 1.82) is 0 Å². The third-order valence-corrected chi connectivity index (χ3v) is 4.66. The molecule has 0 amide bonds. The smallest absolute Gasteiger partial charge is 0.451 e. The van der Waals surface area contributed by atoms with E-state index in [0.717, 1.165) is 12.2 Å². The Morgan fingerprint density at radius 1 is 1.23 bits per heavy atom. The van der Waals surface area contributed by atoms with Gasteiger partial charge in [-0.05, 0) is 19.2 Å². The number of hydrogen-bond donors (Lipinski definition) is 6. The Hall–Kier alpha value is -1.04. The fourth-order valence-electron chi connectivity index (χ4n) is 3.03. The van der Waals surface area contributed by atoms with Crippen LogP contribution >= 0.6 is 24.8 Å². The molecule has 9 nitrogen and oxygen atoms in total. The molecule has 0 radical (unpaired) electrons. The van der Waals surface area contributed by atoms with Crippen LogP contribution in [-0.4, -0.2) is 62.0 Å². The minimum atomic E-state index is -1.37. The second kappa shape index (κ2) is 11.0. The van der Waals surface area contributed by atoms with E-state index in [-0.39, 0.29) is 49.5 Å². The maximum atomic E-state index is 11.7. The Morgan fingerprint density at radius 3 is 2.54 bits per heavy atom. The molecule has 12 heteroatoms. The zero-order valence-electron chi connectivity index (χ0n) is 14.4. The van der Waals surface area contributed by atoms with Crippen molar-refractivity contribution >= 4 is 37.9 Å². The van der Waals surface area contributed by atoms with Gasteiger partial charge in [0.1, 0.15) is 5.54 Å². The van der Waals surface area contributed by atoms with E-state index in [4.69, 9.17) is 15.8 Å². The first kappa shape index (κ1) is 25.0. The minimum absolute atomic E-state index is 0. The first-order valence-corrected chi connectivity index (χ1v) is 8.21. The largest absolute Gasteiger partial charge is 0.480 e. The average Bonchev–Trinajstić information content (AvgIpc) is 2.90. The molecular formula is C14H27BCl2N4O5. The lowest BCUT2D eigenvalue weighted by Crippen LogP contribution is -2.50. The summed E-state index contributed by atoms with van der Waals surface area (Å²) in [5.74, 6) is -1.05. The molecule has 0 saturated carbocycles. The predicted molar refractivity (Wildman–Crippen MR) is 103 cm³/mol. The van der Waals surface area contributed by atoms with Gasteiger partial charge in [-0.15, -0.1) is 24.8 Å². The molecule has 0 aliphatic carbocycles. The van der Waals surface area contributed by atoms with Gasteiger partial charge in [-0.2, -0.15) is 0 Å². The third-order valence-electron chi connectivity index (χ3n) is 4.66. The highest BCUT2D eigenvalue weighted by atomic mass is 35.5. The molecular weight excluding hydrogens is 386 g/mol. The topological polar surface area (TPSA) is 156 Å². The Bertz CT molecular complexity index is 627. The molecule has 1 aliphatic rings. The molecule has 150 valence electrons. The van der Waals surface area contributed by atoms with Gasteiger partial charge in [-0.25, -0.2) is 0 Å². The summed E-state index contributed by atoms with van der Waals surface area (Å²) >= 11 is 0. The lowest BCUT2D eigenvalue weighted by atomic mass is 9.81. The maximum Gasteiger partial charge on any atom is 0.451 e. The number of carboxylic acids is 1. The van der Waals surface area contributed by atoms with Crippen LogP contribution in [0, 0.1) is 0 Å². The quantitative estimate of drug-likeness (QED) is 0.240. The van der Waals surface area contributed by atoms with Gasteiger partial charge in [0.25, 0.3) is 5.56 Å². The predicted octanol–water partition coefficient (Wildman–Crippen LogP) is -0.280. The van der Waals surface area contributed by atoms with Gasteiger partial charge >= 0.3 is 13.1 Å². The van der Waals surface area contributed by atoms with Crippen LogP contribution in [0.4, 0.5) is 0 Å². The fraction of sp³-hybridized carbons (Fsp3) is 0.714. The SMILES string of the molecule is Cl.Cl.NC(CCCCB(O)O)(CCN1CCc2[nH][nH]c(=O)c2C1)C(=O)O. The van der Waals surface area contributed by atoms with Crippen LogP contribution in [0.25, 0.3) is 0 Å². The number of nitrogens with one attached hydrogen (secondary N) is 2. The lowest BCUT2D eigenvalue weighted by Gasteiger charge is -2.31. The third kappa shape index (κ3) is 6.60. The number of fused-ring (bicyclic) bond motifs is 1. The van der Waals surface area contributed by atoms with Crippen molar-refractivity contribution in [2.24, 2.45) is 5.73 Å². The summed E-state index contributed by atoms with van der Waals surface area (Å²) in [6.45, 7) is 1.73. The van der Waals surface area contributed by atoms with E-state index in [1.165, 1.54) is 0 Å². The van der Waals surface area contributed by atoms with E-state index in [0.29, 0.717) is 37.9 Å². The van der Waals surface area contributed by atoms with Crippen molar-refractivity contribution in [3.05, 3.63) is 21.6 Å².